The average molecular weight is 957 g/mol. The van der Waals surface area contributed by atoms with Crippen LogP contribution in [0, 0.1) is 0 Å². The fourth-order valence-electron chi connectivity index (χ4n) is 9.25. The van der Waals surface area contributed by atoms with Crippen LogP contribution in [-0.4, -0.2) is 47.4 Å². The van der Waals surface area contributed by atoms with Gasteiger partial charge in [-0.15, -0.1) is 0 Å². The SMILES string of the molecule is CCCCC/C=C\C/C=C\CCCCCCCCCC(=O)OCCCCCCCCCCC/C=C\CCCCCCCC(=O)NC(CO)C(O)CCCCCCCCCCCCCCCCCC. The third-order valence-electron chi connectivity index (χ3n) is 13.9. The van der Waals surface area contributed by atoms with Gasteiger partial charge in [0.2, 0.25) is 5.91 Å². The lowest BCUT2D eigenvalue weighted by Crippen LogP contribution is -2.45. The van der Waals surface area contributed by atoms with Crippen molar-refractivity contribution in [3.05, 3.63) is 36.5 Å². The molecule has 0 aromatic heterocycles. The van der Waals surface area contributed by atoms with Crippen molar-refractivity contribution in [1.82, 2.24) is 5.32 Å². The molecule has 0 aliphatic heterocycles. The molecule has 0 aromatic rings. The summed E-state index contributed by atoms with van der Waals surface area (Å²) in [6.45, 7) is 4.92. The number of carbonyl (C=O) groups excluding carboxylic acids is 2. The standard InChI is InChI=1S/C62H117NO5/c1-3-5-7-9-11-13-15-17-19-23-28-32-36-40-44-48-52-56-62(67)68-57-53-49-45-41-37-33-29-25-22-21-24-27-31-35-39-43-47-51-55-61(66)63-59(58-64)60(65)54-50-46-42-38-34-30-26-20-18-16-14-12-10-8-6-4-2/h11,13,17,19,24,27,59-60,64-65H,3-10,12,14-16,18,20-23,25-26,28-58H2,1-2H3,(H,63,66)/b13-11-,19-17-,27-24-. The van der Waals surface area contributed by atoms with Crippen molar-refractivity contribution < 1.29 is 24.5 Å². The maximum atomic E-state index is 12.5. The zero-order valence-corrected chi connectivity index (χ0v) is 45.6. The summed E-state index contributed by atoms with van der Waals surface area (Å²) in [4.78, 5) is 24.6. The molecule has 3 N–H and O–H groups in total. The number of unbranched alkanes of at least 4 members (excludes halogenated alkanes) is 39. The molecule has 1 amide bonds. The molecule has 0 aliphatic carbocycles. The third-order valence-corrected chi connectivity index (χ3v) is 13.9. The number of amides is 1. The molecule has 68 heavy (non-hydrogen) atoms. The Balaban J connectivity index is 3.45. The van der Waals surface area contributed by atoms with E-state index in [4.69, 9.17) is 4.74 Å². The zero-order valence-electron chi connectivity index (χ0n) is 45.6. The van der Waals surface area contributed by atoms with E-state index in [1.807, 2.05) is 0 Å². The van der Waals surface area contributed by atoms with Gasteiger partial charge in [-0.3, -0.25) is 9.59 Å². The van der Waals surface area contributed by atoms with Crippen molar-refractivity contribution >= 4 is 11.9 Å². The Kier molecular flexibility index (Phi) is 56.0. The van der Waals surface area contributed by atoms with E-state index in [1.165, 1.54) is 225 Å². The first-order chi connectivity index (χ1) is 33.5. The summed E-state index contributed by atoms with van der Waals surface area (Å²) < 4.78 is 5.48. The van der Waals surface area contributed by atoms with E-state index < -0.39 is 12.1 Å². The second-order valence-electron chi connectivity index (χ2n) is 20.7. The van der Waals surface area contributed by atoms with Crippen LogP contribution in [0.25, 0.3) is 0 Å². The number of carbonyl (C=O) groups is 2. The Labute approximate surface area is 424 Å². The molecule has 6 nitrogen and oxygen atoms in total. The Hall–Kier alpha value is -1.92. The number of aliphatic hydroxyl groups excluding tert-OH is 2. The van der Waals surface area contributed by atoms with Gasteiger partial charge in [0.25, 0.3) is 0 Å². The number of esters is 1. The zero-order chi connectivity index (χ0) is 49.3. The van der Waals surface area contributed by atoms with Crippen molar-refractivity contribution in [2.45, 2.75) is 334 Å². The molecule has 0 saturated carbocycles. The molecule has 2 atom stereocenters. The molecule has 6 heteroatoms. The van der Waals surface area contributed by atoms with Crippen LogP contribution in [-0.2, 0) is 14.3 Å². The van der Waals surface area contributed by atoms with Crippen molar-refractivity contribution in [2.24, 2.45) is 0 Å². The second-order valence-corrected chi connectivity index (χ2v) is 20.7. The predicted octanol–water partition coefficient (Wildman–Crippen LogP) is 18.8. The third kappa shape index (κ3) is 53.4. The maximum Gasteiger partial charge on any atom is 0.305 e. The normalized spacial score (nSPS) is 12.8. The Morgan fingerprint density at radius 1 is 0.412 bits per heavy atom. The van der Waals surface area contributed by atoms with Gasteiger partial charge in [-0.25, -0.2) is 0 Å². The molecule has 0 rings (SSSR count). The molecule has 0 saturated heterocycles. The van der Waals surface area contributed by atoms with E-state index in [2.05, 4.69) is 55.6 Å². The first-order valence-electron chi connectivity index (χ1n) is 30.2. The molecule has 0 heterocycles. The van der Waals surface area contributed by atoms with Gasteiger partial charge in [0.05, 0.1) is 25.4 Å². The van der Waals surface area contributed by atoms with Crippen LogP contribution in [0.15, 0.2) is 36.5 Å². The number of nitrogens with one attached hydrogen (secondary N) is 1. The van der Waals surface area contributed by atoms with E-state index in [1.54, 1.807) is 0 Å². The Morgan fingerprint density at radius 2 is 0.735 bits per heavy atom. The van der Waals surface area contributed by atoms with Gasteiger partial charge in [0, 0.05) is 12.8 Å². The molecule has 0 bridgehead atoms. The molecule has 400 valence electrons. The first-order valence-corrected chi connectivity index (χ1v) is 30.2. The number of ether oxygens (including phenoxy) is 1. The van der Waals surface area contributed by atoms with E-state index >= 15 is 0 Å². The Morgan fingerprint density at radius 3 is 1.16 bits per heavy atom. The number of hydrogen-bond donors (Lipinski definition) is 3. The van der Waals surface area contributed by atoms with Crippen LogP contribution < -0.4 is 5.32 Å². The van der Waals surface area contributed by atoms with Gasteiger partial charge < -0.3 is 20.3 Å². The lowest BCUT2D eigenvalue weighted by atomic mass is 10.0. The van der Waals surface area contributed by atoms with Crippen molar-refractivity contribution in [1.29, 1.82) is 0 Å². The monoisotopic (exact) mass is 956 g/mol. The van der Waals surface area contributed by atoms with Crippen LogP contribution in [0.1, 0.15) is 322 Å². The topological polar surface area (TPSA) is 95.9 Å². The second kappa shape index (κ2) is 57.7. The van der Waals surface area contributed by atoms with E-state index in [0.717, 1.165) is 64.2 Å². The van der Waals surface area contributed by atoms with Crippen LogP contribution >= 0.6 is 0 Å². The van der Waals surface area contributed by atoms with Gasteiger partial charge in [-0.2, -0.15) is 0 Å². The van der Waals surface area contributed by atoms with Gasteiger partial charge in [0.15, 0.2) is 0 Å². The summed E-state index contributed by atoms with van der Waals surface area (Å²) in [6.07, 6.45) is 71.4. The highest BCUT2D eigenvalue weighted by molar-refractivity contribution is 5.76. The molecular formula is C62H117NO5. The fourth-order valence-corrected chi connectivity index (χ4v) is 9.25. The summed E-state index contributed by atoms with van der Waals surface area (Å²) in [5.41, 5.74) is 0. The molecule has 0 fully saturated rings. The largest absolute Gasteiger partial charge is 0.466 e. The summed E-state index contributed by atoms with van der Waals surface area (Å²) in [7, 11) is 0. The molecular weight excluding hydrogens is 839 g/mol. The molecule has 2 unspecified atom stereocenters. The molecule has 0 aromatic carbocycles. The van der Waals surface area contributed by atoms with Gasteiger partial charge >= 0.3 is 5.97 Å². The number of aliphatic hydroxyl groups is 2. The Bertz CT molecular complexity index is 1100. The first kappa shape index (κ1) is 66.1. The van der Waals surface area contributed by atoms with Crippen molar-refractivity contribution in [3.8, 4) is 0 Å². The van der Waals surface area contributed by atoms with Crippen LogP contribution in [0.4, 0.5) is 0 Å². The minimum atomic E-state index is -0.673. The van der Waals surface area contributed by atoms with Crippen LogP contribution in [0.3, 0.4) is 0 Å². The van der Waals surface area contributed by atoms with Crippen LogP contribution in [0.5, 0.6) is 0 Å². The molecule has 0 radical (unpaired) electrons. The number of rotatable bonds is 56. The van der Waals surface area contributed by atoms with Gasteiger partial charge in [-0.05, 0) is 83.5 Å². The average Bonchev–Trinajstić information content (AvgIpc) is 3.34. The summed E-state index contributed by atoms with van der Waals surface area (Å²) in [6, 6.07) is -0.552. The quantitative estimate of drug-likeness (QED) is 0.0321. The maximum absolute atomic E-state index is 12.5. The number of hydrogen-bond acceptors (Lipinski definition) is 5. The number of allylic oxidation sites excluding steroid dienone is 6. The fraction of sp³-hybridized carbons (Fsp3) is 0.871. The molecule has 0 aliphatic rings. The summed E-state index contributed by atoms with van der Waals surface area (Å²) >= 11 is 0. The van der Waals surface area contributed by atoms with Crippen molar-refractivity contribution in [3.63, 3.8) is 0 Å². The van der Waals surface area contributed by atoms with Gasteiger partial charge in [0.1, 0.15) is 0 Å². The minimum Gasteiger partial charge on any atom is -0.466 e. The van der Waals surface area contributed by atoms with Crippen molar-refractivity contribution in [2.75, 3.05) is 13.2 Å². The minimum absolute atomic E-state index is 0.00466. The lowest BCUT2D eigenvalue weighted by molar-refractivity contribution is -0.143. The summed E-state index contributed by atoms with van der Waals surface area (Å²) in [5, 5.41) is 23.3. The van der Waals surface area contributed by atoms with Gasteiger partial charge in [-0.1, -0.05) is 262 Å². The van der Waals surface area contributed by atoms with E-state index in [-0.39, 0.29) is 18.5 Å². The smallest absolute Gasteiger partial charge is 0.305 e. The van der Waals surface area contributed by atoms with E-state index in [9.17, 15) is 19.8 Å². The predicted molar refractivity (Wildman–Crippen MR) is 296 cm³/mol. The highest BCUT2D eigenvalue weighted by Crippen LogP contribution is 2.17. The van der Waals surface area contributed by atoms with E-state index in [0.29, 0.717) is 25.9 Å². The highest BCUT2D eigenvalue weighted by Gasteiger charge is 2.20. The summed E-state index contributed by atoms with van der Waals surface area (Å²) in [5.74, 6) is -0.0528. The van der Waals surface area contributed by atoms with Crippen LogP contribution in [0.2, 0.25) is 0 Å². The highest BCUT2D eigenvalue weighted by atomic mass is 16.5. The lowest BCUT2D eigenvalue weighted by Gasteiger charge is -2.22. The molecule has 0 spiro atoms.